The molecule has 1 unspecified atom stereocenters. The molecule has 1 N–H and O–H groups in total. The molecule has 40 heavy (non-hydrogen) atoms. The standard InChI is InChI=1S/C29H24FN3O5S2/c1-3-38-21-14-8-17(9-15-21)24-23(25(34)18-10-12-20(37-2)13-11-18)26(35)27(36)33(24)28-31-32-29(40-28)39-16-19-6-4-5-7-22(19)30/h4-15,24,34H,3,16H2,1-2H3/b25-23-. The van der Waals surface area contributed by atoms with Crippen molar-refractivity contribution in [2.75, 3.05) is 18.6 Å². The van der Waals surface area contributed by atoms with E-state index in [1.165, 1.54) is 29.8 Å². The van der Waals surface area contributed by atoms with E-state index in [9.17, 15) is 19.1 Å². The van der Waals surface area contributed by atoms with Gasteiger partial charge in [0, 0.05) is 11.3 Å². The zero-order valence-electron chi connectivity index (χ0n) is 21.5. The van der Waals surface area contributed by atoms with Crippen LogP contribution in [0.4, 0.5) is 9.52 Å². The SMILES string of the molecule is CCOc1ccc(C2/C(=C(/O)c3ccc(OC)cc3)C(=O)C(=O)N2c2nnc(SCc3ccccc3F)s2)cc1. The van der Waals surface area contributed by atoms with Crippen LogP contribution < -0.4 is 14.4 Å². The first-order valence-electron chi connectivity index (χ1n) is 12.3. The van der Waals surface area contributed by atoms with Gasteiger partial charge in [-0.05, 0) is 60.5 Å². The van der Waals surface area contributed by atoms with Crippen LogP contribution in [0, 0.1) is 5.82 Å². The molecular formula is C29H24FN3O5S2. The minimum atomic E-state index is -0.963. The maximum absolute atomic E-state index is 14.1. The first-order valence-corrected chi connectivity index (χ1v) is 14.1. The fraction of sp³-hybridized carbons (Fsp3) is 0.172. The highest BCUT2D eigenvalue weighted by Gasteiger charge is 2.48. The summed E-state index contributed by atoms with van der Waals surface area (Å²) in [6.07, 6.45) is 0. The molecular weight excluding hydrogens is 553 g/mol. The van der Waals surface area contributed by atoms with Gasteiger partial charge in [0.25, 0.3) is 5.78 Å². The molecule has 0 aliphatic carbocycles. The number of Topliss-reactive ketones (excluding diaryl/α,β-unsaturated/α-hetero) is 1. The summed E-state index contributed by atoms with van der Waals surface area (Å²) < 4.78 is 25.3. The lowest BCUT2D eigenvalue weighted by molar-refractivity contribution is -0.132. The van der Waals surface area contributed by atoms with Gasteiger partial charge in [-0.3, -0.25) is 14.5 Å². The van der Waals surface area contributed by atoms with Gasteiger partial charge in [-0.25, -0.2) is 4.39 Å². The predicted molar refractivity (Wildman–Crippen MR) is 151 cm³/mol. The second-order valence-corrected chi connectivity index (χ2v) is 10.8. The number of carbonyl (C=O) groups excluding carboxylic acids is 2. The van der Waals surface area contributed by atoms with E-state index in [1.54, 1.807) is 66.7 Å². The van der Waals surface area contributed by atoms with Gasteiger partial charge >= 0.3 is 5.91 Å². The Hall–Kier alpha value is -4.22. The quantitative estimate of drug-likeness (QED) is 0.0850. The summed E-state index contributed by atoms with van der Waals surface area (Å²) in [5, 5.41) is 19.8. The largest absolute Gasteiger partial charge is 0.507 e. The highest BCUT2D eigenvalue weighted by molar-refractivity contribution is 8.00. The summed E-state index contributed by atoms with van der Waals surface area (Å²) >= 11 is 2.38. The molecule has 2 heterocycles. The molecule has 0 saturated carbocycles. The Morgan fingerprint density at radius 2 is 1.73 bits per heavy atom. The van der Waals surface area contributed by atoms with Crippen molar-refractivity contribution >= 4 is 45.7 Å². The van der Waals surface area contributed by atoms with Gasteiger partial charge in [0.05, 0.1) is 25.3 Å². The number of aliphatic hydroxyl groups excluding tert-OH is 1. The number of carbonyl (C=O) groups is 2. The molecule has 0 spiro atoms. The van der Waals surface area contributed by atoms with E-state index >= 15 is 0 Å². The number of hydrogen-bond acceptors (Lipinski definition) is 9. The van der Waals surface area contributed by atoms with Gasteiger partial charge in [-0.1, -0.05) is 53.4 Å². The van der Waals surface area contributed by atoms with E-state index in [4.69, 9.17) is 9.47 Å². The molecule has 8 nitrogen and oxygen atoms in total. The lowest BCUT2D eigenvalue weighted by Crippen LogP contribution is -2.29. The van der Waals surface area contributed by atoms with Crippen LogP contribution in [-0.2, 0) is 15.3 Å². The van der Waals surface area contributed by atoms with Crippen molar-refractivity contribution in [2.24, 2.45) is 0 Å². The van der Waals surface area contributed by atoms with Crippen molar-refractivity contribution in [2.45, 2.75) is 23.1 Å². The summed E-state index contributed by atoms with van der Waals surface area (Å²) in [5.74, 6) is -0.797. The molecule has 1 atom stereocenters. The van der Waals surface area contributed by atoms with E-state index in [2.05, 4.69) is 10.2 Å². The number of rotatable bonds is 9. The van der Waals surface area contributed by atoms with Crippen LogP contribution >= 0.6 is 23.1 Å². The Labute approximate surface area is 238 Å². The smallest absolute Gasteiger partial charge is 0.301 e. The second kappa shape index (κ2) is 11.9. The highest BCUT2D eigenvalue weighted by atomic mass is 32.2. The third kappa shape index (κ3) is 5.43. The van der Waals surface area contributed by atoms with Gasteiger partial charge in [0.2, 0.25) is 5.13 Å². The molecule has 1 saturated heterocycles. The summed E-state index contributed by atoms with van der Waals surface area (Å²) in [4.78, 5) is 28.0. The third-order valence-electron chi connectivity index (χ3n) is 6.23. The number of aliphatic hydroxyl groups is 1. The van der Waals surface area contributed by atoms with Crippen LogP contribution in [0.3, 0.4) is 0 Å². The number of methoxy groups -OCH3 is 1. The van der Waals surface area contributed by atoms with Crippen molar-refractivity contribution in [1.29, 1.82) is 0 Å². The molecule has 3 aromatic carbocycles. The number of anilines is 1. The number of hydrogen-bond donors (Lipinski definition) is 1. The Morgan fingerprint density at radius 1 is 1.02 bits per heavy atom. The molecule has 1 aliphatic heterocycles. The third-order valence-corrected chi connectivity index (χ3v) is 8.33. The van der Waals surface area contributed by atoms with Crippen molar-refractivity contribution in [3.05, 3.63) is 101 Å². The maximum atomic E-state index is 14.1. The Kier molecular flexibility index (Phi) is 8.13. The summed E-state index contributed by atoms with van der Waals surface area (Å²) in [6, 6.07) is 19.0. The van der Waals surface area contributed by atoms with Gasteiger partial charge in [-0.2, -0.15) is 0 Å². The molecule has 11 heteroatoms. The fourth-order valence-corrected chi connectivity index (χ4v) is 6.13. The van der Waals surface area contributed by atoms with E-state index < -0.39 is 17.7 Å². The van der Waals surface area contributed by atoms with Gasteiger partial charge < -0.3 is 14.6 Å². The number of ketones is 1. The molecule has 1 aromatic heterocycles. The number of thioether (sulfide) groups is 1. The first-order chi connectivity index (χ1) is 19.4. The summed E-state index contributed by atoms with van der Waals surface area (Å²) in [5.41, 5.74) is 1.37. The highest BCUT2D eigenvalue weighted by Crippen LogP contribution is 2.44. The molecule has 1 aliphatic rings. The molecule has 0 radical (unpaired) electrons. The van der Waals surface area contributed by atoms with Gasteiger partial charge in [-0.15, -0.1) is 10.2 Å². The van der Waals surface area contributed by atoms with Crippen LogP contribution in [0.25, 0.3) is 5.76 Å². The van der Waals surface area contributed by atoms with Gasteiger partial charge in [0.1, 0.15) is 23.1 Å². The molecule has 1 fully saturated rings. The predicted octanol–water partition coefficient (Wildman–Crippen LogP) is 6.00. The van der Waals surface area contributed by atoms with Crippen LogP contribution in [0.1, 0.15) is 29.7 Å². The number of aromatic nitrogens is 2. The minimum absolute atomic E-state index is 0.0740. The number of nitrogens with zero attached hydrogens (tertiary/aromatic N) is 3. The number of amides is 1. The van der Waals surface area contributed by atoms with Gasteiger partial charge in [0.15, 0.2) is 4.34 Å². The van der Waals surface area contributed by atoms with Crippen LogP contribution in [0.15, 0.2) is 82.7 Å². The van der Waals surface area contributed by atoms with Crippen molar-refractivity contribution in [1.82, 2.24) is 10.2 Å². The Morgan fingerprint density at radius 3 is 2.40 bits per heavy atom. The average molecular weight is 578 g/mol. The Bertz CT molecular complexity index is 1570. The lowest BCUT2D eigenvalue weighted by atomic mass is 9.95. The van der Waals surface area contributed by atoms with Crippen LogP contribution in [0.2, 0.25) is 0 Å². The number of benzene rings is 3. The van der Waals surface area contributed by atoms with E-state index in [-0.39, 0.29) is 22.3 Å². The second-order valence-electron chi connectivity index (χ2n) is 8.63. The zero-order valence-corrected chi connectivity index (χ0v) is 23.2. The van der Waals surface area contributed by atoms with Crippen molar-refractivity contribution in [3.8, 4) is 11.5 Å². The topological polar surface area (TPSA) is 102 Å². The zero-order chi connectivity index (χ0) is 28.2. The monoisotopic (exact) mass is 577 g/mol. The molecule has 4 aromatic rings. The molecule has 0 bridgehead atoms. The van der Waals surface area contributed by atoms with E-state index in [0.29, 0.717) is 44.9 Å². The number of halogens is 1. The first kappa shape index (κ1) is 27.4. The molecule has 5 rings (SSSR count). The Balaban J connectivity index is 1.54. The number of ether oxygens (including phenoxy) is 2. The molecule has 204 valence electrons. The normalized spacial score (nSPS) is 16.4. The van der Waals surface area contributed by atoms with E-state index in [0.717, 1.165) is 11.3 Å². The average Bonchev–Trinajstić information content (AvgIpc) is 3.54. The summed E-state index contributed by atoms with van der Waals surface area (Å²) in [7, 11) is 1.53. The molecule has 1 amide bonds. The summed E-state index contributed by atoms with van der Waals surface area (Å²) in [6.45, 7) is 2.35. The van der Waals surface area contributed by atoms with Crippen LogP contribution in [0.5, 0.6) is 11.5 Å². The van der Waals surface area contributed by atoms with Crippen molar-refractivity contribution < 1.29 is 28.6 Å². The maximum Gasteiger partial charge on any atom is 0.301 e. The van der Waals surface area contributed by atoms with Crippen LogP contribution in [-0.4, -0.2) is 40.7 Å². The van der Waals surface area contributed by atoms with Crippen molar-refractivity contribution in [3.63, 3.8) is 0 Å². The van der Waals surface area contributed by atoms with E-state index in [1.807, 2.05) is 6.92 Å². The minimum Gasteiger partial charge on any atom is -0.507 e. The lowest BCUT2D eigenvalue weighted by Gasteiger charge is -2.22. The fourth-order valence-electron chi connectivity index (χ4n) is 4.28.